The van der Waals surface area contributed by atoms with Gasteiger partial charge in [0, 0.05) is 13.1 Å². The van der Waals surface area contributed by atoms with Crippen LogP contribution in [-0.2, 0) is 20.8 Å². The molecule has 6 heteroatoms. The summed E-state index contributed by atoms with van der Waals surface area (Å²) >= 11 is 0. The molecule has 1 fully saturated rings. The smallest absolute Gasteiger partial charge is 0.336 e. The third-order valence-corrected chi connectivity index (χ3v) is 3.66. The fourth-order valence-electron chi connectivity index (χ4n) is 2.34. The van der Waals surface area contributed by atoms with Crippen LogP contribution in [0.1, 0.15) is 5.56 Å². The van der Waals surface area contributed by atoms with Gasteiger partial charge in [-0.2, -0.15) is 5.26 Å². The summed E-state index contributed by atoms with van der Waals surface area (Å²) < 4.78 is 10.1. The van der Waals surface area contributed by atoms with Crippen LogP contribution in [0.25, 0.3) is 0 Å². The Hall–Kier alpha value is -1.94. The number of ether oxygens (including phenoxy) is 2. The van der Waals surface area contributed by atoms with Crippen LogP contribution in [0.3, 0.4) is 0 Å². The van der Waals surface area contributed by atoms with Crippen molar-refractivity contribution in [1.29, 1.82) is 5.26 Å². The maximum atomic E-state index is 11.6. The van der Waals surface area contributed by atoms with E-state index >= 15 is 0 Å². The van der Waals surface area contributed by atoms with Gasteiger partial charge >= 0.3 is 5.97 Å². The molecule has 1 aliphatic heterocycles. The van der Waals surface area contributed by atoms with Gasteiger partial charge in [0.05, 0.1) is 26.4 Å². The van der Waals surface area contributed by atoms with Gasteiger partial charge in [-0.05, 0) is 5.56 Å². The zero-order valence-electron chi connectivity index (χ0n) is 11.9. The number of nitriles is 1. The Morgan fingerprint density at radius 1 is 1.57 bits per heavy atom. The van der Waals surface area contributed by atoms with E-state index < -0.39 is 17.6 Å². The Labute approximate surface area is 123 Å². The zero-order valence-corrected chi connectivity index (χ0v) is 11.9. The first-order valence-electron chi connectivity index (χ1n) is 6.66. The van der Waals surface area contributed by atoms with E-state index in [1.165, 1.54) is 7.11 Å². The van der Waals surface area contributed by atoms with Gasteiger partial charge in [0.15, 0.2) is 11.6 Å². The average Bonchev–Trinajstić information content (AvgIpc) is 2.55. The summed E-state index contributed by atoms with van der Waals surface area (Å²) in [5.74, 6) is -0.474. The standard InChI is InChI=1S/C15H18N2O4/c1-20-14(19)13-8-17(7-12-5-3-2-4-6-12)15(9-16,10-18)11-21-13/h2-6,13,18H,7-8,10-11H2,1H3. The molecule has 2 unspecified atom stereocenters. The first-order valence-corrected chi connectivity index (χ1v) is 6.66. The molecule has 1 aliphatic rings. The third kappa shape index (κ3) is 3.22. The fourth-order valence-corrected chi connectivity index (χ4v) is 2.34. The second kappa shape index (κ2) is 6.68. The second-order valence-electron chi connectivity index (χ2n) is 4.99. The van der Waals surface area contributed by atoms with Gasteiger partial charge in [-0.15, -0.1) is 0 Å². The number of hydrogen-bond donors (Lipinski definition) is 1. The predicted octanol–water partition coefficient (Wildman–Crippen LogP) is 0.315. The first kappa shape index (κ1) is 15.4. The zero-order chi connectivity index (χ0) is 15.3. The summed E-state index contributed by atoms with van der Waals surface area (Å²) in [5, 5.41) is 19.0. The summed E-state index contributed by atoms with van der Waals surface area (Å²) in [6.07, 6.45) is -0.744. The van der Waals surface area contributed by atoms with Crippen LogP contribution in [0.4, 0.5) is 0 Å². The lowest BCUT2D eigenvalue weighted by atomic mass is 9.97. The van der Waals surface area contributed by atoms with E-state index in [1.54, 1.807) is 4.90 Å². The summed E-state index contributed by atoms with van der Waals surface area (Å²) in [6.45, 7) is 0.262. The Balaban J connectivity index is 2.21. The van der Waals surface area contributed by atoms with E-state index in [2.05, 4.69) is 10.8 Å². The number of rotatable bonds is 4. The molecule has 6 nitrogen and oxygen atoms in total. The van der Waals surface area contributed by atoms with Crippen LogP contribution in [0, 0.1) is 11.3 Å². The van der Waals surface area contributed by atoms with Crippen LogP contribution in [-0.4, -0.2) is 54.5 Å². The Morgan fingerprint density at radius 2 is 2.29 bits per heavy atom. The molecule has 1 heterocycles. The number of carbonyl (C=O) groups excluding carboxylic acids is 1. The quantitative estimate of drug-likeness (QED) is 0.804. The minimum Gasteiger partial charge on any atom is -0.467 e. The highest BCUT2D eigenvalue weighted by molar-refractivity contribution is 5.75. The van der Waals surface area contributed by atoms with Crippen molar-refractivity contribution in [3.63, 3.8) is 0 Å². The molecule has 1 N–H and O–H groups in total. The van der Waals surface area contributed by atoms with E-state index in [0.717, 1.165) is 5.56 Å². The van der Waals surface area contributed by atoms with Crippen molar-refractivity contribution in [3.05, 3.63) is 35.9 Å². The van der Waals surface area contributed by atoms with E-state index in [-0.39, 0.29) is 19.8 Å². The highest BCUT2D eigenvalue weighted by Gasteiger charge is 2.44. The molecule has 0 aliphatic carbocycles. The summed E-state index contributed by atoms with van der Waals surface area (Å²) in [6, 6.07) is 11.7. The molecule has 0 amide bonds. The molecule has 1 aromatic rings. The van der Waals surface area contributed by atoms with Crippen LogP contribution >= 0.6 is 0 Å². The molecule has 1 aromatic carbocycles. The van der Waals surface area contributed by atoms with Crippen molar-refractivity contribution in [2.24, 2.45) is 0 Å². The Morgan fingerprint density at radius 3 is 2.86 bits per heavy atom. The lowest BCUT2D eigenvalue weighted by molar-refractivity contribution is -0.170. The van der Waals surface area contributed by atoms with Crippen molar-refractivity contribution in [2.45, 2.75) is 18.2 Å². The van der Waals surface area contributed by atoms with Gasteiger partial charge in [0.1, 0.15) is 0 Å². The molecular weight excluding hydrogens is 272 g/mol. The monoisotopic (exact) mass is 290 g/mol. The molecule has 112 valence electrons. The van der Waals surface area contributed by atoms with E-state index in [1.807, 2.05) is 30.3 Å². The van der Waals surface area contributed by atoms with Crippen molar-refractivity contribution in [2.75, 3.05) is 26.9 Å². The van der Waals surface area contributed by atoms with Gasteiger partial charge in [0.25, 0.3) is 0 Å². The maximum absolute atomic E-state index is 11.6. The fraction of sp³-hybridized carbons (Fsp3) is 0.467. The number of aliphatic hydroxyl groups is 1. The van der Waals surface area contributed by atoms with Gasteiger partial charge < -0.3 is 14.6 Å². The van der Waals surface area contributed by atoms with Crippen LogP contribution in [0.2, 0.25) is 0 Å². The lowest BCUT2D eigenvalue weighted by Crippen LogP contribution is -2.61. The van der Waals surface area contributed by atoms with Gasteiger partial charge in [0.2, 0.25) is 0 Å². The first-order chi connectivity index (χ1) is 10.1. The third-order valence-electron chi connectivity index (χ3n) is 3.66. The summed E-state index contributed by atoms with van der Waals surface area (Å²) in [4.78, 5) is 13.4. The van der Waals surface area contributed by atoms with Crippen molar-refractivity contribution < 1.29 is 19.4 Å². The van der Waals surface area contributed by atoms with Crippen molar-refractivity contribution in [3.8, 4) is 6.07 Å². The van der Waals surface area contributed by atoms with Gasteiger partial charge in [-0.3, -0.25) is 4.90 Å². The molecule has 1 saturated heterocycles. The van der Waals surface area contributed by atoms with Crippen LogP contribution < -0.4 is 0 Å². The average molecular weight is 290 g/mol. The number of methoxy groups -OCH3 is 1. The highest BCUT2D eigenvalue weighted by Crippen LogP contribution is 2.25. The number of hydrogen-bond acceptors (Lipinski definition) is 6. The molecule has 2 atom stereocenters. The summed E-state index contributed by atoms with van der Waals surface area (Å²) in [5.41, 5.74) is -0.142. The minimum atomic E-state index is -1.14. The SMILES string of the molecule is COC(=O)C1CN(Cc2ccccc2)C(C#N)(CO)CO1. The highest BCUT2D eigenvalue weighted by atomic mass is 16.6. The van der Waals surface area contributed by atoms with Gasteiger partial charge in [-0.1, -0.05) is 30.3 Å². The lowest BCUT2D eigenvalue weighted by Gasteiger charge is -2.43. The number of benzene rings is 1. The van der Waals surface area contributed by atoms with Crippen LogP contribution in [0.5, 0.6) is 0 Å². The molecule has 0 saturated carbocycles. The minimum absolute atomic E-state index is 0.0351. The van der Waals surface area contributed by atoms with Crippen molar-refractivity contribution >= 4 is 5.97 Å². The maximum Gasteiger partial charge on any atom is 0.336 e. The van der Waals surface area contributed by atoms with E-state index in [4.69, 9.17) is 4.74 Å². The van der Waals surface area contributed by atoms with Crippen LogP contribution in [0.15, 0.2) is 30.3 Å². The molecule has 21 heavy (non-hydrogen) atoms. The molecular formula is C15H18N2O4. The molecule has 2 rings (SSSR count). The van der Waals surface area contributed by atoms with Gasteiger partial charge in [-0.25, -0.2) is 4.79 Å². The normalized spacial score (nSPS) is 26.0. The number of morpholine rings is 1. The summed E-state index contributed by atoms with van der Waals surface area (Å²) in [7, 11) is 1.30. The largest absolute Gasteiger partial charge is 0.467 e. The predicted molar refractivity (Wildman–Crippen MR) is 74.0 cm³/mol. The number of aliphatic hydroxyl groups excluding tert-OH is 1. The Bertz CT molecular complexity index is 528. The number of carbonyl (C=O) groups is 1. The molecule has 0 bridgehead atoms. The molecule has 0 aromatic heterocycles. The van der Waals surface area contributed by atoms with Crippen molar-refractivity contribution in [1.82, 2.24) is 4.90 Å². The molecule has 0 radical (unpaired) electrons. The molecule has 0 spiro atoms. The van der Waals surface area contributed by atoms with E-state index in [0.29, 0.717) is 6.54 Å². The number of nitrogens with zero attached hydrogens (tertiary/aromatic N) is 2. The second-order valence-corrected chi connectivity index (χ2v) is 4.99. The van der Waals surface area contributed by atoms with E-state index in [9.17, 15) is 15.2 Å². The Kier molecular flexibility index (Phi) is 4.91. The topological polar surface area (TPSA) is 82.8 Å². The number of esters is 1.